The van der Waals surface area contributed by atoms with E-state index in [2.05, 4.69) is 5.32 Å². The minimum atomic E-state index is -0.683. The number of nitrogens with one attached hydrogen (secondary N) is 1. The zero-order valence-corrected chi connectivity index (χ0v) is 13.0. The van der Waals surface area contributed by atoms with Gasteiger partial charge in [-0.1, -0.05) is 60.2 Å². The van der Waals surface area contributed by atoms with Crippen molar-refractivity contribution in [2.75, 3.05) is 5.32 Å². The number of nitrogens with two attached hydrogens (primary N) is 1. The van der Waals surface area contributed by atoms with Gasteiger partial charge < -0.3 is 11.1 Å². The van der Waals surface area contributed by atoms with E-state index in [4.69, 9.17) is 29.6 Å². The van der Waals surface area contributed by atoms with Gasteiger partial charge in [0, 0.05) is 0 Å². The zero-order chi connectivity index (χ0) is 15.4. The third-order valence-corrected chi connectivity index (χ3v) is 3.62. The first kappa shape index (κ1) is 15.5. The number of hydrogen-bond acceptors (Lipinski definition) is 2. The molecule has 2 rings (SSSR count). The lowest BCUT2D eigenvalue weighted by Crippen LogP contribution is -2.31. The third kappa shape index (κ3) is 3.80. The summed E-state index contributed by atoms with van der Waals surface area (Å²) in [6, 6.07) is 14.6. The van der Waals surface area contributed by atoms with Gasteiger partial charge in [-0.15, -0.1) is 0 Å². The number of aryl methyl sites for hydroxylation is 1. The summed E-state index contributed by atoms with van der Waals surface area (Å²) < 4.78 is 0. The van der Waals surface area contributed by atoms with Crippen LogP contribution in [0.5, 0.6) is 0 Å². The number of anilines is 1. The van der Waals surface area contributed by atoms with Crippen molar-refractivity contribution in [3.63, 3.8) is 0 Å². The summed E-state index contributed by atoms with van der Waals surface area (Å²) in [7, 11) is 0. The van der Waals surface area contributed by atoms with Crippen molar-refractivity contribution in [2.45, 2.75) is 12.8 Å². The normalized spacial score (nSPS) is 11.7. The number of halogens is 1. The Morgan fingerprint density at radius 3 is 2.52 bits per heavy atom. The lowest BCUT2D eigenvalue weighted by Gasteiger charge is -2.16. The van der Waals surface area contributed by atoms with Crippen LogP contribution >= 0.6 is 23.8 Å². The second kappa shape index (κ2) is 6.70. The van der Waals surface area contributed by atoms with Gasteiger partial charge in [0.1, 0.15) is 5.92 Å². The maximum absolute atomic E-state index is 12.5. The Kier molecular flexibility index (Phi) is 4.94. The monoisotopic (exact) mass is 318 g/mol. The number of amides is 1. The molecule has 0 heterocycles. The van der Waals surface area contributed by atoms with Crippen LogP contribution in [0.15, 0.2) is 48.5 Å². The molecule has 0 aliphatic rings. The van der Waals surface area contributed by atoms with Crippen LogP contribution in [0.1, 0.15) is 17.0 Å². The molecule has 0 saturated carbocycles. The molecule has 0 aliphatic carbocycles. The van der Waals surface area contributed by atoms with Crippen molar-refractivity contribution in [2.24, 2.45) is 5.73 Å². The van der Waals surface area contributed by atoms with Gasteiger partial charge >= 0.3 is 0 Å². The standard InChI is InChI=1S/C16H15ClN2OS/c1-10-7-8-12(17)13(9-10)19-16(20)14(15(18)21)11-5-3-2-4-6-11/h2-9,14H,1H3,(H2,18,21)(H,19,20). The predicted octanol–water partition coefficient (Wildman–Crippen LogP) is 3.66. The summed E-state index contributed by atoms with van der Waals surface area (Å²) >= 11 is 11.1. The largest absolute Gasteiger partial charge is 0.392 e. The fourth-order valence-corrected chi connectivity index (χ4v) is 2.44. The highest BCUT2D eigenvalue weighted by molar-refractivity contribution is 7.80. The van der Waals surface area contributed by atoms with Gasteiger partial charge in [0.25, 0.3) is 0 Å². The molecule has 21 heavy (non-hydrogen) atoms. The van der Waals surface area contributed by atoms with Crippen LogP contribution in [0.3, 0.4) is 0 Å². The highest BCUT2D eigenvalue weighted by Crippen LogP contribution is 2.25. The average molecular weight is 319 g/mol. The molecule has 2 aromatic rings. The molecule has 0 saturated heterocycles. The van der Waals surface area contributed by atoms with E-state index in [0.29, 0.717) is 10.7 Å². The van der Waals surface area contributed by atoms with Gasteiger partial charge in [-0.25, -0.2) is 0 Å². The first-order valence-electron chi connectivity index (χ1n) is 6.40. The van der Waals surface area contributed by atoms with E-state index in [1.807, 2.05) is 49.4 Å². The van der Waals surface area contributed by atoms with E-state index >= 15 is 0 Å². The first-order valence-corrected chi connectivity index (χ1v) is 7.19. The van der Waals surface area contributed by atoms with Crippen molar-refractivity contribution < 1.29 is 4.79 Å². The van der Waals surface area contributed by atoms with Crippen molar-refractivity contribution in [1.82, 2.24) is 0 Å². The number of hydrogen-bond donors (Lipinski definition) is 2. The molecule has 3 nitrogen and oxygen atoms in total. The molecule has 0 radical (unpaired) electrons. The molecule has 0 spiro atoms. The van der Waals surface area contributed by atoms with E-state index < -0.39 is 5.92 Å². The minimum Gasteiger partial charge on any atom is -0.392 e. The smallest absolute Gasteiger partial charge is 0.238 e. The maximum Gasteiger partial charge on any atom is 0.238 e. The van der Waals surface area contributed by atoms with Crippen molar-refractivity contribution in [3.05, 3.63) is 64.7 Å². The van der Waals surface area contributed by atoms with E-state index in [-0.39, 0.29) is 10.9 Å². The second-order valence-corrected chi connectivity index (χ2v) is 5.60. The molecule has 1 unspecified atom stereocenters. The van der Waals surface area contributed by atoms with E-state index in [9.17, 15) is 4.79 Å². The minimum absolute atomic E-state index is 0.127. The second-order valence-electron chi connectivity index (χ2n) is 4.72. The molecule has 3 N–H and O–H groups in total. The highest BCUT2D eigenvalue weighted by atomic mass is 35.5. The average Bonchev–Trinajstić information content (AvgIpc) is 2.44. The molecule has 1 atom stereocenters. The fraction of sp³-hybridized carbons (Fsp3) is 0.125. The number of carbonyl (C=O) groups excluding carboxylic acids is 1. The summed E-state index contributed by atoms with van der Waals surface area (Å²) in [5.41, 5.74) is 8.04. The lowest BCUT2D eigenvalue weighted by molar-refractivity contribution is -0.116. The third-order valence-electron chi connectivity index (χ3n) is 3.06. The van der Waals surface area contributed by atoms with Gasteiger partial charge in [0.05, 0.1) is 15.7 Å². The molecule has 2 aromatic carbocycles. The quantitative estimate of drug-likeness (QED) is 0.846. The molecule has 1 amide bonds. The lowest BCUT2D eigenvalue weighted by atomic mass is 9.98. The number of carbonyl (C=O) groups is 1. The molecule has 5 heteroatoms. The molecule has 0 aliphatic heterocycles. The molecule has 0 aromatic heterocycles. The summed E-state index contributed by atoms with van der Waals surface area (Å²) in [6.45, 7) is 1.92. The summed E-state index contributed by atoms with van der Waals surface area (Å²) in [5, 5.41) is 3.27. The van der Waals surface area contributed by atoms with Crippen LogP contribution in [0.4, 0.5) is 5.69 Å². The van der Waals surface area contributed by atoms with Crippen LogP contribution < -0.4 is 11.1 Å². The zero-order valence-electron chi connectivity index (χ0n) is 11.5. The Hall–Kier alpha value is -1.91. The van der Waals surface area contributed by atoms with Crippen LogP contribution in [0.2, 0.25) is 5.02 Å². The van der Waals surface area contributed by atoms with Gasteiger partial charge in [-0.3, -0.25) is 4.79 Å². The molecule has 108 valence electrons. The predicted molar refractivity (Wildman–Crippen MR) is 90.8 cm³/mol. The van der Waals surface area contributed by atoms with Crippen molar-refractivity contribution in [3.8, 4) is 0 Å². The number of thiocarbonyl (C=S) groups is 1. The van der Waals surface area contributed by atoms with Crippen molar-refractivity contribution >= 4 is 40.4 Å². The van der Waals surface area contributed by atoms with Gasteiger partial charge in [0.2, 0.25) is 5.91 Å². The van der Waals surface area contributed by atoms with Crippen molar-refractivity contribution in [1.29, 1.82) is 0 Å². The van der Waals surface area contributed by atoms with E-state index in [1.165, 1.54) is 0 Å². The fourth-order valence-electron chi connectivity index (χ4n) is 2.03. The highest BCUT2D eigenvalue weighted by Gasteiger charge is 2.24. The van der Waals surface area contributed by atoms with E-state index in [1.54, 1.807) is 6.07 Å². The maximum atomic E-state index is 12.5. The van der Waals surface area contributed by atoms with E-state index in [0.717, 1.165) is 11.1 Å². The summed E-state index contributed by atoms with van der Waals surface area (Å²) in [5.74, 6) is -0.973. The molecule has 0 bridgehead atoms. The SMILES string of the molecule is Cc1ccc(Cl)c(NC(=O)C(C(N)=S)c2ccccc2)c1. The summed E-state index contributed by atoms with van der Waals surface area (Å²) in [6.07, 6.45) is 0. The van der Waals surface area contributed by atoms with Crippen LogP contribution in [0.25, 0.3) is 0 Å². The van der Waals surface area contributed by atoms with Crippen LogP contribution in [-0.4, -0.2) is 10.9 Å². The number of rotatable bonds is 4. The van der Waals surface area contributed by atoms with Gasteiger partial charge in [0.15, 0.2) is 0 Å². The molecule has 0 fully saturated rings. The molecular weight excluding hydrogens is 304 g/mol. The van der Waals surface area contributed by atoms with Crippen LogP contribution in [-0.2, 0) is 4.79 Å². The topological polar surface area (TPSA) is 55.1 Å². The Morgan fingerprint density at radius 2 is 1.90 bits per heavy atom. The molecular formula is C16H15ClN2OS. The number of benzene rings is 2. The Balaban J connectivity index is 2.28. The Morgan fingerprint density at radius 1 is 1.24 bits per heavy atom. The summed E-state index contributed by atoms with van der Waals surface area (Å²) in [4.78, 5) is 12.6. The first-order chi connectivity index (χ1) is 9.99. The van der Waals surface area contributed by atoms with Gasteiger partial charge in [-0.05, 0) is 30.2 Å². The Bertz CT molecular complexity index is 673. The van der Waals surface area contributed by atoms with Crippen LogP contribution in [0, 0.1) is 6.92 Å². The Labute approximate surface area is 134 Å². The van der Waals surface area contributed by atoms with Gasteiger partial charge in [-0.2, -0.15) is 0 Å².